The predicted octanol–water partition coefficient (Wildman–Crippen LogP) is 0.130. The molecule has 0 aromatic carbocycles. The smallest absolute Gasteiger partial charge is 0.180 e. The zero-order valence-electron chi connectivity index (χ0n) is 9.17. The summed E-state index contributed by atoms with van der Waals surface area (Å²) in [4.78, 5) is 6.26. The second-order valence-corrected chi connectivity index (χ2v) is 3.44. The molecule has 0 saturated heterocycles. The normalized spacial score (nSPS) is 10.9. The van der Waals surface area contributed by atoms with E-state index in [9.17, 15) is 0 Å². The molecule has 0 aliphatic rings. The first-order valence-electron chi connectivity index (χ1n) is 5.22. The van der Waals surface area contributed by atoms with E-state index in [1.165, 1.54) is 0 Å². The molecule has 2 heterocycles. The van der Waals surface area contributed by atoms with Gasteiger partial charge in [0.25, 0.3) is 0 Å². The van der Waals surface area contributed by atoms with Crippen LogP contribution in [0.15, 0.2) is 18.5 Å². The Balaban J connectivity index is 2.48. The van der Waals surface area contributed by atoms with Crippen LogP contribution in [0.4, 0.5) is 11.5 Å². The van der Waals surface area contributed by atoms with Crippen molar-refractivity contribution < 1.29 is 5.11 Å². The van der Waals surface area contributed by atoms with Crippen LogP contribution in [-0.4, -0.2) is 39.4 Å². The number of likely N-dealkylation sites (N-methyl/N-ethyl adjacent to an activating group) is 1. The van der Waals surface area contributed by atoms with E-state index < -0.39 is 0 Å². The van der Waals surface area contributed by atoms with Crippen LogP contribution < -0.4 is 10.6 Å². The number of aliphatic hydroxyl groups excluding tert-OH is 1. The van der Waals surface area contributed by atoms with E-state index in [4.69, 9.17) is 10.8 Å². The first-order valence-corrected chi connectivity index (χ1v) is 5.22. The van der Waals surface area contributed by atoms with E-state index in [0.29, 0.717) is 12.4 Å². The molecule has 0 aliphatic heterocycles. The highest BCUT2D eigenvalue weighted by atomic mass is 16.3. The molecule has 0 unspecified atom stereocenters. The van der Waals surface area contributed by atoms with Crippen molar-refractivity contribution in [2.75, 3.05) is 30.3 Å². The number of nitrogens with zero attached hydrogens (tertiary/aromatic N) is 4. The fraction of sp³-hybridized carbons (Fsp3) is 0.400. The van der Waals surface area contributed by atoms with Crippen LogP contribution in [0.3, 0.4) is 0 Å². The van der Waals surface area contributed by atoms with E-state index >= 15 is 0 Å². The summed E-state index contributed by atoms with van der Waals surface area (Å²) in [7, 11) is 0. The van der Waals surface area contributed by atoms with Gasteiger partial charge in [0.1, 0.15) is 11.5 Å². The van der Waals surface area contributed by atoms with Crippen LogP contribution in [0.25, 0.3) is 5.65 Å². The topological polar surface area (TPSA) is 79.7 Å². The number of aromatic nitrogens is 3. The standard InChI is InChI=1S/C10H15N5O/c1-2-14(5-6-16)8-7-13-15-9(11)3-4-12-10(8)15/h3-4,7,16H,2,5-6,11H2,1H3. The summed E-state index contributed by atoms with van der Waals surface area (Å²) in [5.41, 5.74) is 7.39. The van der Waals surface area contributed by atoms with Crippen molar-refractivity contribution in [2.45, 2.75) is 6.92 Å². The number of anilines is 2. The molecule has 0 aliphatic carbocycles. The lowest BCUT2D eigenvalue weighted by Gasteiger charge is -2.19. The minimum Gasteiger partial charge on any atom is -0.395 e. The van der Waals surface area contributed by atoms with E-state index in [1.807, 2.05) is 11.8 Å². The van der Waals surface area contributed by atoms with Gasteiger partial charge in [-0.2, -0.15) is 9.61 Å². The molecule has 0 radical (unpaired) electrons. The van der Waals surface area contributed by atoms with Gasteiger partial charge in [0, 0.05) is 19.3 Å². The first-order chi connectivity index (χ1) is 7.77. The zero-order chi connectivity index (χ0) is 11.5. The zero-order valence-corrected chi connectivity index (χ0v) is 9.17. The number of nitrogens with two attached hydrogens (primary N) is 1. The van der Waals surface area contributed by atoms with Crippen molar-refractivity contribution in [3.05, 3.63) is 18.5 Å². The van der Waals surface area contributed by atoms with Crippen molar-refractivity contribution in [1.82, 2.24) is 14.6 Å². The highest BCUT2D eigenvalue weighted by Gasteiger charge is 2.12. The molecule has 6 heteroatoms. The maximum atomic E-state index is 8.98. The molecule has 86 valence electrons. The minimum absolute atomic E-state index is 0.105. The molecule has 0 atom stereocenters. The van der Waals surface area contributed by atoms with Gasteiger partial charge in [0.05, 0.1) is 12.8 Å². The second-order valence-electron chi connectivity index (χ2n) is 3.44. The summed E-state index contributed by atoms with van der Waals surface area (Å²) in [5.74, 6) is 0.552. The Kier molecular flexibility index (Phi) is 2.91. The maximum absolute atomic E-state index is 8.98. The van der Waals surface area contributed by atoms with E-state index in [2.05, 4.69) is 10.1 Å². The van der Waals surface area contributed by atoms with E-state index in [-0.39, 0.29) is 6.61 Å². The molecule has 0 saturated carbocycles. The lowest BCUT2D eigenvalue weighted by atomic mass is 10.4. The van der Waals surface area contributed by atoms with Crippen LogP contribution in [-0.2, 0) is 0 Å². The number of aliphatic hydroxyl groups is 1. The van der Waals surface area contributed by atoms with Gasteiger partial charge in [-0.05, 0) is 13.0 Å². The van der Waals surface area contributed by atoms with Gasteiger partial charge in [0.2, 0.25) is 0 Å². The summed E-state index contributed by atoms with van der Waals surface area (Å²) in [5, 5.41) is 13.2. The van der Waals surface area contributed by atoms with Crippen LogP contribution in [0.2, 0.25) is 0 Å². The molecule has 0 bridgehead atoms. The molecular weight excluding hydrogens is 206 g/mol. The molecular formula is C10H15N5O. The quantitative estimate of drug-likeness (QED) is 0.767. The molecule has 0 fully saturated rings. The third kappa shape index (κ3) is 1.67. The Morgan fingerprint density at radius 2 is 2.38 bits per heavy atom. The molecule has 2 rings (SSSR count). The summed E-state index contributed by atoms with van der Waals surface area (Å²) in [6.45, 7) is 3.48. The molecule has 0 amide bonds. The second kappa shape index (κ2) is 4.36. The third-order valence-electron chi connectivity index (χ3n) is 2.50. The van der Waals surface area contributed by atoms with Crippen molar-refractivity contribution in [3.8, 4) is 0 Å². The average Bonchev–Trinajstić information content (AvgIpc) is 2.71. The number of nitrogen functional groups attached to an aromatic ring is 1. The number of hydrogen-bond acceptors (Lipinski definition) is 5. The van der Waals surface area contributed by atoms with Crippen molar-refractivity contribution >= 4 is 17.2 Å². The minimum atomic E-state index is 0.105. The summed E-state index contributed by atoms with van der Waals surface area (Å²) in [6.07, 6.45) is 3.38. The van der Waals surface area contributed by atoms with Gasteiger partial charge in [-0.1, -0.05) is 0 Å². The highest BCUT2D eigenvalue weighted by Crippen LogP contribution is 2.20. The lowest BCUT2D eigenvalue weighted by Crippen LogP contribution is -2.26. The number of rotatable bonds is 4. The predicted molar refractivity (Wildman–Crippen MR) is 62.4 cm³/mol. The van der Waals surface area contributed by atoms with Crippen molar-refractivity contribution in [3.63, 3.8) is 0 Å². The largest absolute Gasteiger partial charge is 0.395 e. The number of fused-ring (bicyclic) bond motifs is 1. The monoisotopic (exact) mass is 221 g/mol. The first kappa shape index (κ1) is 10.7. The Hall–Kier alpha value is -1.82. The molecule has 0 spiro atoms. The van der Waals surface area contributed by atoms with E-state index in [0.717, 1.165) is 17.9 Å². The van der Waals surface area contributed by atoms with Gasteiger partial charge in [0.15, 0.2) is 5.65 Å². The Morgan fingerprint density at radius 1 is 1.56 bits per heavy atom. The molecule has 16 heavy (non-hydrogen) atoms. The number of hydrogen-bond donors (Lipinski definition) is 2. The van der Waals surface area contributed by atoms with Gasteiger partial charge < -0.3 is 15.7 Å². The Morgan fingerprint density at radius 3 is 3.06 bits per heavy atom. The van der Waals surface area contributed by atoms with Crippen molar-refractivity contribution in [2.24, 2.45) is 0 Å². The Labute approximate surface area is 93.3 Å². The molecule has 2 aromatic rings. The molecule has 6 nitrogen and oxygen atoms in total. The fourth-order valence-electron chi connectivity index (χ4n) is 1.69. The van der Waals surface area contributed by atoms with Crippen molar-refractivity contribution in [1.29, 1.82) is 0 Å². The maximum Gasteiger partial charge on any atom is 0.180 e. The summed E-state index contributed by atoms with van der Waals surface area (Å²) in [6, 6.07) is 1.70. The summed E-state index contributed by atoms with van der Waals surface area (Å²) < 4.78 is 1.59. The van der Waals surface area contributed by atoms with Gasteiger partial charge in [-0.25, -0.2) is 4.98 Å². The fourth-order valence-corrected chi connectivity index (χ4v) is 1.69. The van der Waals surface area contributed by atoms with Crippen LogP contribution in [0, 0.1) is 0 Å². The highest BCUT2D eigenvalue weighted by molar-refractivity contribution is 5.69. The Bertz CT molecular complexity index is 481. The molecule has 3 N–H and O–H groups in total. The SMILES string of the molecule is CCN(CCO)c1cnn2c(N)ccnc12. The van der Waals surface area contributed by atoms with Crippen LogP contribution >= 0.6 is 0 Å². The average molecular weight is 221 g/mol. The van der Waals surface area contributed by atoms with Gasteiger partial charge in [-0.3, -0.25) is 0 Å². The van der Waals surface area contributed by atoms with Gasteiger partial charge >= 0.3 is 0 Å². The van der Waals surface area contributed by atoms with E-state index in [1.54, 1.807) is 23.0 Å². The lowest BCUT2D eigenvalue weighted by molar-refractivity contribution is 0.302. The van der Waals surface area contributed by atoms with Gasteiger partial charge in [-0.15, -0.1) is 0 Å². The van der Waals surface area contributed by atoms with Crippen LogP contribution in [0.5, 0.6) is 0 Å². The third-order valence-corrected chi connectivity index (χ3v) is 2.50. The van der Waals surface area contributed by atoms with Crippen LogP contribution in [0.1, 0.15) is 6.92 Å². The molecule has 2 aromatic heterocycles. The summed E-state index contributed by atoms with van der Waals surface area (Å²) >= 11 is 0.